The van der Waals surface area contributed by atoms with Crippen LogP contribution < -0.4 is 5.32 Å². The minimum absolute atomic E-state index is 0.132. The molecular formula is C12H16BrN5O2S. The van der Waals surface area contributed by atoms with Crippen molar-refractivity contribution in [2.45, 2.75) is 18.4 Å². The highest BCUT2D eigenvalue weighted by Crippen LogP contribution is 2.25. The zero-order chi connectivity index (χ0) is 15.5. The van der Waals surface area contributed by atoms with Crippen LogP contribution in [0.1, 0.15) is 12.7 Å². The fourth-order valence-corrected chi connectivity index (χ4v) is 3.52. The molecule has 2 heterocycles. The summed E-state index contributed by atoms with van der Waals surface area (Å²) < 4.78 is 27.2. The van der Waals surface area contributed by atoms with Gasteiger partial charge >= 0.3 is 0 Å². The zero-order valence-electron chi connectivity index (χ0n) is 11.7. The van der Waals surface area contributed by atoms with E-state index < -0.39 is 10.0 Å². The van der Waals surface area contributed by atoms with Gasteiger partial charge in [-0.3, -0.25) is 0 Å². The predicted molar refractivity (Wildman–Crippen MR) is 83.3 cm³/mol. The van der Waals surface area contributed by atoms with E-state index in [1.54, 1.807) is 24.7 Å². The minimum atomic E-state index is -3.67. The van der Waals surface area contributed by atoms with Gasteiger partial charge in [0.1, 0.15) is 16.5 Å². The topological polar surface area (TPSA) is 91.0 Å². The summed E-state index contributed by atoms with van der Waals surface area (Å²) in [6, 6.07) is 1.54. The molecule has 0 amide bonds. The van der Waals surface area contributed by atoms with Crippen LogP contribution >= 0.6 is 15.9 Å². The summed E-state index contributed by atoms with van der Waals surface area (Å²) in [5.74, 6) is 0.918. The Bertz CT molecular complexity index is 702. The molecule has 0 aliphatic carbocycles. The molecule has 0 spiro atoms. The summed E-state index contributed by atoms with van der Waals surface area (Å²) in [7, 11) is -2.16. The second-order valence-electron chi connectivity index (χ2n) is 4.33. The lowest BCUT2D eigenvalue weighted by Gasteiger charge is -2.18. The van der Waals surface area contributed by atoms with Crippen molar-refractivity contribution in [1.82, 2.24) is 19.3 Å². The molecule has 0 saturated carbocycles. The summed E-state index contributed by atoms with van der Waals surface area (Å²) in [4.78, 5) is 11.2. The van der Waals surface area contributed by atoms with Crippen LogP contribution in [0.4, 0.5) is 5.82 Å². The van der Waals surface area contributed by atoms with Gasteiger partial charge < -0.3 is 10.3 Å². The van der Waals surface area contributed by atoms with Gasteiger partial charge in [-0.1, -0.05) is 0 Å². The Morgan fingerprint density at radius 2 is 2.19 bits per heavy atom. The van der Waals surface area contributed by atoms with E-state index in [-0.39, 0.29) is 11.4 Å². The molecule has 0 bridgehead atoms. The average Bonchev–Trinajstić information content (AvgIpc) is 2.93. The number of aromatic nitrogens is 3. The standard InChI is InChI=1S/C12H16BrN5O2S/c1-3-14-12-10(6-9(13)7-17-12)21(19,20)18(2)8-11-15-4-5-16-11/h4-7H,3,8H2,1-2H3,(H,14,17)(H,15,16). The lowest BCUT2D eigenvalue weighted by molar-refractivity contribution is 0.458. The van der Waals surface area contributed by atoms with E-state index in [0.29, 0.717) is 22.7 Å². The highest BCUT2D eigenvalue weighted by molar-refractivity contribution is 9.10. The van der Waals surface area contributed by atoms with Gasteiger partial charge in [0.05, 0.1) is 6.54 Å². The number of aromatic amines is 1. The third-order valence-corrected chi connectivity index (χ3v) is 5.03. The van der Waals surface area contributed by atoms with Gasteiger partial charge in [0.2, 0.25) is 10.0 Å². The molecular weight excluding hydrogens is 358 g/mol. The molecule has 0 aromatic carbocycles. The normalized spacial score (nSPS) is 11.8. The first kappa shape index (κ1) is 15.9. The number of hydrogen-bond acceptors (Lipinski definition) is 5. The van der Waals surface area contributed by atoms with Crippen LogP contribution in [-0.4, -0.2) is 41.3 Å². The molecule has 2 rings (SSSR count). The summed E-state index contributed by atoms with van der Waals surface area (Å²) >= 11 is 3.26. The number of pyridine rings is 1. The molecule has 0 aliphatic heterocycles. The molecule has 7 nitrogen and oxygen atoms in total. The molecule has 0 atom stereocenters. The van der Waals surface area contributed by atoms with E-state index in [9.17, 15) is 8.42 Å². The molecule has 9 heteroatoms. The first-order valence-electron chi connectivity index (χ1n) is 6.29. The van der Waals surface area contributed by atoms with Crippen LogP contribution in [-0.2, 0) is 16.6 Å². The predicted octanol–water partition coefficient (Wildman–Crippen LogP) is 1.82. The molecule has 0 fully saturated rings. The Hall–Kier alpha value is -1.45. The van der Waals surface area contributed by atoms with E-state index in [4.69, 9.17) is 0 Å². The second-order valence-corrected chi connectivity index (χ2v) is 7.26. The Morgan fingerprint density at radius 1 is 1.43 bits per heavy atom. The third-order valence-electron chi connectivity index (χ3n) is 2.78. The number of hydrogen-bond donors (Lipinski definition) is 2. The number of anilines is 1. The number of nitrogens with zero attached hydrogens (tertiary/aromatic N) is 3. The number of sulfonamides is 1. The molecule has 0 saturated heterocycles. The van der Waals surface area contributed by atoms with Crippen molar-refractivity contribution in [2.24, 2.45) is 0 Å². The number of nitrogens with one attached hydrogen (secondary N) is 2. The van der Waals surface area contributed by atoms with Gasteiger partial charge in [-0.2, -0.15) is 4.31 Å². The van der Waals surface area contributed by atoms with Crippen LogP contribution in [0.3, 0.4) is 0 Å². The van der Waals surface area contributed by atoms with E-state index in [0.717, 1.165) is 0 Å². The first-order chi connectivity index (χ1) is 9.95. The maximum Gasteiger partial charge on any atom is 0.246 e. The Labute approximate surface area is 132 Å². The zero-order valence-corrected chi connectivity index (χ0v) is 14.1. The smallest absolute Gasteiger partial charge is 0.246 e. The van der Waals surface area contributed by atoms with Crippen molar-refractivity contribution in [1.29, 1.82) is 0 Å². The third kappa shape index (κ3) is 3.60. The van der Waals surface area contributed by atoms with E-state index >= 15 is 0 Å². The average molecular weight is 374 g/mol. The van der Waals surface area contributed by atoms with Crippen molar-refractivity contribution in [3.8, 4) is 0 Å². The summed E-state index contributed by atoms with van der Waals surface area (Å²) in [6.45, 7) is 2.62. The summed E-state index contributed by atoms with van der Waals surface area (Å²) in [6.07, 6.45) is 4.80. The fraction of sp³-hybridized carbons (Fsp3) is 0.333. The van der Waals surface area contributed by atoms with Gasteiger partial charge in [0.25, 0.3) is 0 Å². The van der Waals surface area contributed by atoms with Gasteiger partial charge in [-0.15, -0.1) is 0 Å². The molecule has 0 unspecified atom stereocenters. The number of H-pyrrole nitrogens is 1. The summed E-state index contributed by atoms with van der Waals surface area (Å²) in [5, 5.41) is 2.96. The van der Waals surface area contributed by atoms with Crippen LogP contribution in [0.15, 0.2) is 34.0 Å². The van der Waals surface area contributed by atoms with Crippen molar-refractivity contribution >= 4 is 31.8 Å². The summed E-state index contributed by atoms with van der Waals surface area (Å²) in [5.41, 5.74) is 0. The Balaban J connectivity index is 2.36. The van der Waals surface area contributed by atoms with Crippen LogP contribution in [0.5, 0.6) is 0 Å². The molecule has 2 aromatic heterocycles. The van der Waals surface area contributed by atoms with Crippen molar-refractivity contribution in [3.63, 3.8) is 0 Å². The lowest BCUT2D eigenvalue weighted by atomic mass is 10.4. The first-order valence-corrected chi connectivity index (χ1v) is 8.52. The van der Waals surface area contributed by atoms with Gasteiger partial charge in [-0.25, -0.2) is 18.4 Å². The van der Waals surface area contributed by atoms with E-state index in [1.807, 2.05) is 6.92 Å². The van der Waals surface area contributed by atoms with Gasteiger partial charge in [0, 0.05) is 36.7 Å². The van der Waals surface area contributed by atoms with Crippen molar-refractivity contribution < 1.29 is 8.42 Å². The fourth-order valence-electron chi connectivity index (χ4n) is 1.77. The SMILES string of the molecule is CCNc1ncc(Br)cc1S(=O)(=O)N(C)Cc1ncc[nH]1. The quantitative estimate of drug-likeness (QED) is 0.805. The van der Waals surface area contributed by atoms with Crippen LogP contribution in [0.25, 0.3) is 0 Å². The van der Waals surface area contributed by atoms with E-state index in [2.05, 4.69) is 36.2 Å². The number of rotatable bonds is 6. The van der Waals surface area contributed by atoms with E-state index in [1.165, 1.54) is 11.4 Å². The number of halogens is 1. The Kier molecular flexibility index (Phi) is 4.96. The van der Waals surface area contributed by atoms with Crippen LogP contribution in [0, 0.1) is 0 Å². The Morgan fingerprint density at radius 3 is 2.81 bits per heavy atom. The maximum atomic E-state index is 12.7. The van der Waals surface area contributed by atoms with Gasteiger partial charge in [0.15, 0.2) is 0 Å². The molecule has 2 aromatic rings. The molecule has 21 heavy (non-hydrogen) atoms. The highest BCUT2D eigenvalue weighted by Gasteiger charge is 2.26. The number of imidazole rings is 1. The maximum absolute atomic E-state index is 12.7. The lowest BCUT2D eigenvalue weighted by Crippen LogP contribution is -2.28. The van der Waals surface area contributed by atoms with Crippen molar-refractivity contribution in [2.75, 3.05) is 18.9 Å². The van der Waals surface area contributed by atoms with Gasteiger partial charge in [-0.05, 0) is 28.9 Å². The molecule has 114 valence electrons. The largest absolute Gasteiger partial charge is 0.369 e. The molecule has 2 N–H and O–H groups in total. The monoisotopic (exact) mass is 373 g/mol. The highest BCUT2D eigenvalue weighted by atomic mass is 79.9. The minimum Gasteiger partial charge on any atom is -0.369 e. The second kappa shape index (κ2) is 6.54. The van der Waals surface area contributed by atoms with Crippen molar-refractivity contribution in [3.05, 3.63) is 35.0 Å². The van der Waals surface area contributed by atoms with Crippen LogP contribution in [0.2, 0.25) is 0 Å². The molecule has 0 radical (unpaired) electrons. The molecule has 0 aliphatic rings.